The summed E-state index contributed by atoms with van der Waals surface area (Å²) in [6.07, 6.45) is 6.52. The Morgan fingerprint density at radius 1 is 1.28 bits per heavy atom. The minimum Gasteiger partial charge on any atom is -0.298 e. The summed E-state index contributed by atoms with van der Waals surface area (Å²) in [5, 5.41) is 10.4. The molecule has 0 aliphatic heterocycles. The first-order valence-corrected chi connectivity index (χ1v) is 9.92. The lowest BCUT2D eigenvalue weighted by Gasteiger charge is -2.13. The van der Waals surface area contributed by atoms with Crippen LogP contribution in [0, 0.1) is 0 Å². The average molecular weight is 396 g/mol. The van der Waals surface area contributed by atoms with E-state index in [1.807, 2.05) is 10.6 Å². The largest absolute Gasteiger partial charge is 0.298 e. The average Bonchev–Trinajstić information content (AvgIpc) is 2.84. The molecule has 1 heterocycles. The van der Waals surface area contributed by atoms with E-state index in [2.05, 4.69) is 16.8 Å². The summed E-state index contributed by atoms with van der Waals surface area (Å²) < 4.78 is 1.95. The normalized spacial score (nSPS) is 18.2. The number of carbonyl (C=O) groups excluding carboxylic acids is 1. The Morgan fingerprint density at radius 3 is 2.88 bits per heavy atom. The van der Waals surface area contributed by atoms with Gasteiger partial charge in [-0.1, -0.05) is 53.9 Å². The molecule has 1 aliphatic rings. The van der Waals surface area contributed by atoms with E-state index in [-0.39, 0.29) is 5.25 Å². The predicted molar refractivity (Wildman–Crippen MR) is 103 cm³/mol. The van der Waals surface area contributed by atoms with Gasteiger partial charge in [-0.2, -0.15) is 0 Å². The second-order valence-corrected chi connectivity index (χ2v) is 8.02. The van der Waals surface area contributed by atoms with Crippen molar-refractivity contribution in [1.82, 2.24) is 14.8 Å². The number of carbonyl (C=O) groups is 1. The lowest BCUT2D eigenvalue weighted by atomic mass is 10.2. The molecule has 1 aromatic heterocycles. The topological polar surface area (TPSA) is 47.8 Å². The molecule has 0 saturated heterocycles. The number of ketones is 1. The summed E-state index contributed by atoms with van der Waals surface area (Å²) >= 11 is 13.8. The van der Waals surface area contributed by atoms with Crippen LogP contribution < -0.4 is 0 Å². The third kappa shape index (κ3) is 4.27. The molecule has 0 spiro atoms. The van der Waals surface area contributed by atoms with Gasteiger partial charge in [0.15, 0.2) is 11.0 Å². The van der Waals surface area contributed by atoms with E-state index in [1.54, 1.807) is 18.2 Å². The molecule has 0 amide bonds. The van der Waals surface area contributed by atoms with Crippen LogP contribution in [0.15, 0.2) is 36.0 Å². The minimum absolute atomic E-state index is 0.0520. The zero-order valence-corrected chi connectivity index (χ0v) is 16.1. The highest BCUT2D eigenvalue weighted by atomic mass is 35.5. The number of thioether (sulfide) groups is 1. The third-order valence-corrected chi connectivity index (χ3v) is 6.04. The zero-order chi connectivity index (χ0) is 17.8. The fraction of sp³-hybridized carbons (Fsp3) is 0.389. The first-order valence-electron chi connectivity index (χ1n) is 8.29. The lowest BCUT2D eigenvalue weighted by Crippen LogP contribution is -2.16. The molecule has 1 saturated carbocycles. The Morgan fingerprint density at radius 2 is 2.12 bits per heavy atom. The van der Waals surface area contributed by atoms with Crippen molar-refractivity contribution >= 4 is 40.7 Å². The third-order valence-electron chi connectivity index (χ3n) is 4.20. The van der Waals surface area contributed by atoms with Crippen LogP contribution in [0.1, 0.15) is 32.1 Å². The van der Waals surface area contributed by atoms with Crippen molar-refractivity contribution in [3.8, 4) is 11.4 Å². The summed E-state index contributed by atoms with van der Waals surface area (Å²) in [5.74, 6) is 0.965. The number of halogens is 2. The number of aromatic nitrogens is 3. The molecule has 0 bridgehead atoms. The Bertz CT molecular complexity index is 791. The van der Waals surface area contributed by atoms with Crippen molar-refractivity contribution in [3.05, 3.63) is 40.9 Å². The number of Topliss-reactive ketones (excluding diaryl/α,β-unsaturated/α-hetero) is 1. The molecule has 1 aromatic carbocycles. The fourth-order valence-electron chi connectivity index (χ4n) is 2.92. The highest BCUT2D eigenvalue weighted by Crippen LogP contribution is 2.34. The second-order valence-electron chi connectivity index (χ2n) is 6.00. The quantitative estimate of drug-likeness (QED) is 0.499. The summed E-state index contributed by atoms with van der Waals surface area (Å²) in [7, 11) is 0. The molecule has 1 fully saturated rings. The molecule has 4 nitrogen and oxygen atoms in total. The van der Waals surface area contributed by atoms with Gasteiger partial charge in [-0.3, -0.25) is 9.36 Å². The Hall–Kier alpha value is -1.30. The van der Waals surface area contributed by atoms with Crippen LogP contribution in [-0.2, 0) is 11.3 Å². The minimum atomic E-state index is -0.0520. The van der Waals surface area contributed by atoms with E-state index in [1.165, 1.54) is 11.8 Å². The van der Waals surface area contributed by atoms with E-state index in [0.717, 1.165) is 36.4 Å². The molecule has 0 N–H and O–H groups in total. The summed E-state index contributed by atoms with van der Waals surface area (Å²) in [6, 6.07) is 5.30. The van der Waals surface area contributed by atoms with Crippen molar-refractivity contribution in [2.45, 2.75) is 49.1 Å². The summed E-state index contributed by atoms with van der Waals surface area (Å²) in [6.45, 7) is 4.36. The Labute approximate surface area is 161 Å². The molecule has 1 aliphatic carbocycles. The molecule has 0 unspecified atom stereocenters. The second kappa shape index (κ2) is 8.39. The van der Waals surface area contributed by atoms with Crippen LogP contribution in [0.3, 0.4) is 0 Å². The zero-order valence-electron chi connectivity index (χ0n) is 13.8. The molecule has 2 aromatic rings. The summed E-state index contributed by atoms with van der Waals surface area (Å²) in [4.78, 5) is 12.3. The van der Waals surface area contributed by atoms with E-state index in [4.69, 9.17) is 23.2 Å². The maximum absolute atomic E-state index is 12.3. The van der Waals surface area contributed by atoms with Gasteiger partial charge in [0.05, 0.1) is 10.3 Å². The van der Waals surface area contributed by atoms with Crippen LogP contribution in [0.5, 0.6) is 0 Å². The smallest absolute Gasteiger partial charge is 0.192 e. The summed E-state index contributed by atoms with van der Waals surface area (Å²) in [5.41, 5.74) is 0.763. The van der Waals surface area contributed by atoms with E-state index in [9.17, 15) is 4.79 Å². The van der Waals surface area contributed by atoms with Crippen LogP contribution in [0.2, 0.25) is 10.0 Å². The van der Waals surface area contributed by atoms with Gasteiger partial charge in [-0.25, -0.2) is 0 Å². The number of hydrogen-bond donors (Lipinski definition) is 0. The van der Waals surface area contributed by atoms with E-state index < -0.39 is 0 Å². The van der Waals surface area contributed by atoms with Gasteiger partial charge in [0.25, 0.3) is 0 Å². The molecule has 7 heteroatoms. The molecule has 132 valence electrons. The number of allylic oxidation sites excluding steroid dienone is 1. The number of benzene rings is 1. The maximum Gasteiger partial charge on any atom is 0.192 e. The highest BCUT2D eigenvalue weighted by molar-refractivity contribution is 8.00. The highest BCUT2D eigenvalue weighted by Gasteiger charge is 2.25. The molecule has 1 atom stereocenters. The maximum atomic E-state index is 12.3. The van der Waals surface area contributed by atoms with Gasteiger partial charge in [0, 0.05) is 23.6 Å². The predicted octanol–water partition coefficient (Wildman–Crippen LogP) is 5.43. The van der Waals surface area contributed by atoms with Gasteiger partial charge in [0.1, 0.15) is 5.78 Å². The van der Waals surface area contributed by atoms with E-state index in [0.29, 0.717) is 34.6 Å². The Balaban J connectivity index is 1.94. The first-order chi connectivity index (χ1) is 12.1. The van der Waals surface area contributed by atoms with Crippen LogP contribution in [0.4, 0.5) is 0 Å². The van der Waals surface area contributed by atoms with Crippen LogP contribution in [-0.4, -0.2) is 25.8 Å². The molecule has 3 rings (SSSR count). The number of nitrogens with zero attached hydrogens (tertiary/aromatic N) is 3. The van der Waals surface area contributed by atoms with Gasteiger partial charge in [-0.15, -0.1) is 16.8 Å². The fourth-order valence-corrected chi connectivity index (χ4v) is 4.58. The van der Waals surface area contributed by atoms with Crippen molar-refractivity contribution in [1.29, 1.82) is 0 Å². The van der Waals surface area contributed by atoms with Gasteiger partial charge in [-0.05, 0) is 31.0 Å². The first kappa shape index (κ1) is 18.5. The van der Waals surface area contributed by atoms with Crippen molar-refractivity contribution in [2.75, 3.05) is 0 Å². The standard InChI is InChI=1S/C18H19Cl2N3OS/c1-2-10-23-17(13-9-8-12(19)11-14(13)20)21-22-18(23)25-16-7-5-3-4-6-15(16)24/h2,8-9,11,16H,1,3-7,10H2/t16-/m1/s1. The van der Waals surface area contributed by atoms with Gasteiger partial charge < -0.3 is 0 Å². The van der Waals surface area contributed by atoms with Crippen LogP contribution >= 0.6 is 35.0 Å². The monoisotopic (exact) mass is 395 g/mol. The Kier molecular flexibility index (Phi) is 6.20. The molecule has 0 radical (unpaired) electrons. The molecule has 25 heavy (non-hydrogen) atoms. The molecular formula is C18H19Cl2N3OS. The number of rotatable bonds is 5. The van der Waals surface area contributed by atoms with Gasteiger partial charge >= 0.3 is 0 Å². The lowest BCUT2D eigenvalue weighted by molar-refractivity contribution is -0.118. The van der Waals surface area contributed by atoms with E-state index >= 15 is 0 Å². The van der Waals surface area contributed by atoms with Crippen LogP contribution in [0.25, 0.3) is 11.4 Å². The van der Waals surface area contributed by atoms with Crippen molar-refractivity contribution in [2.24, 2.45) is 0 Å². The van der Waals surface area contributed by atoms with Gasteiger partial charge in [0.2, 0.25) is 0 Å². The van der Waals surface area contributed by atoms with Crippen molar-refractivity contribution < 1.29 is 4.79 Å². The molecular weight excluding hydrogens is 377 g/mol. The number of hydrogen-bond acceptors (Lipinski definition) is 4. The van der Waals surface area contributed by atoms with Crippen molar-refractivity contribution in [3.63, 3.8) is 0 Å². The SMILES string of the molecule is C=CCn1c(S[C@@H]2CCCCCC2=O)nnc1-c1ccc(Cl)cc1Cl.